The molecule has 0 bridgehead atoms. The van der Waals surface area contributed by atoms with Crippen LogP contribution in [-0.2, 0) is 4.79 Å². The lowest BCUT2D eigenvalue weighted by atomic mass is 10.1. The Kier molecular flexibility index (Phi) is 6.78. The first-order chi connectivity index (χ1) is 12.4. The summed E-state index contributed by atoms with van der Waals surface area (Å²) in [6.45, 7) is 8.12. The molecule has 138 valence electrons. The number of carbonyl (C=O) groups is 2. The molecule has 3 N–H and O–H groups in total. The van der Waals surface area contributed by atoms with Gasteiger partial charge in [-0.25, -0.2) is 0 Å². The van der Waals surface area contributed by atoms with Gasteiger partial charge in [0.2, 0.25) is 5.91 Å². The summed E-state index contributed by atoms with van der Waals surface area (Å²) in [7, 11) is 0. The Morgan fingerprint density at radius 2 is 1.69 bits per heavy atom. The van der Waals surface area contributed by atoms with Crippen molar-refractivity contribution in [1.82, 2.24) is 5.32 Å². The molecular formula is C21H27N3O2. The van der Waals surface area contributed by atoms with E-state index in [2.05, 4.69) is 22.0 Å². The average Bonchev–Trinajstić information content (AvgIpc) is 2.59. The van der Waals surface area contributed by atoms with Crippen LogP contribution in [0.5, 0.6) is 0 Å². The zero-order chi connectivity index (χ0) is 19.1. The molecule has 0 heterocycles. The highest BCUT2D eigenvalue weighted by atomic mass is 16.2. The number of carbonyl (C=O) groups excluding carboxylic acids is 2. The summed E-state index contributed by atoms with van der Waals surface area (Å²) < 4.78 is 0. The lowest BCUT2D eigenvalue weighted by Gasteiger charge is -2.13. The Bertz CT molecular complexity index is 766. The zero-order valence-electron chi connectivity index (χ0n) is 15.8. The van der Waals surface area contributed by atoms with Crippen molar-refractivity contribution in [3.05, 3.63) is 59.2 Å². The molecule has 2 rings (SSSR count). The Hall–Kier alpha value is -2.82. The maximum Gasteiger partial charge on any atom is 0.251 e. The van der Waals surface area contributed by atoms with Crippen LogP contribution < -0.4 is 16.0 Å². The van der Waals surface area contributed by atoms with E-state index >= 15 is 0 Å². The van der Waals surface area contributed by atoms with Gasteiger partial charge in [0.15, 0.2) is 0 Å². The molecule has 1 atom stereocenters. The minimum atomic E-state index is -0.135. The van der Waals surface area contributed by atoms with Crippen molar-refractivity contribution in [2.24, 2.45) is 0 Å². The lowest BCUT2D eigenvalue weighted by Crippen LogP contribution is -2.31. The van der Waals surface area contributed by atoms with Crippen LogP contribution in [0.15, 0.2) is 42.5 Å². The Labute approximate surface area is 155 Å². The van der Waals surface area contributed by atoms with Gasteiger partial charge in [-0.05, 0) is 68.7 Å². The van der Waals surface area contributed by atoms with Crippen LogP contribution >= 0.6 is 0 Å². The van der Waals surface area contributed by atoms with E-state index in [1.165, 1.54) is 0 Å². The molecule has 5 heteroatoms. The molecule has 0 aliphatic rings. The minimum Gasteiger partial charge on any atom is -0.376 e. The first-order valence-electron chi connectivity index (χ1n) is 8.90. The van der Waals surface area contributed by atoms with Crippen LogP contribution in [0.4, 0.5) is 11.4 Å². The minimum absolute atomic E-state index is 0.109. The standard InChI is InChI=1S/C21H27N3O2/c1-5-16(4)23-21(26)17-7-6-8-18(12-17)22-13-20(25)24-19-10-14(2)9-15(3)11-19/h6-12,16,22H,5,13H2,1-4H3,(H,23,26)(H,24,25). The molecule has 0 spiro atoms. The van der Waals surface area contributed by atoms with Gasteiger partial charge < -0.3 is 16.0 Å². The molecule has 0 saturated heterocycles. The molecular weight excluding hydrogens is 326 g/mol. The second-order valence-corrected chi connectivity index (χ2v) is 6.64. The molecule has 0 aliphatic heterocycles. The fourth-order valence-corrected chi connectivity index (χ4v) is 2.61. The monoisotopic (exact) mass is 353 g/mol. The predicted octanol–water partition coefficient (Wildman–Crippen LogP) is 3.88. The van der Waals surface area contributed by atoms with Crippen molar-refractivity contribution in [2.75, 3.05) is 17.2 Å². The fraction of sp³-hybridized carbons (Fsp3) is 0.333. The van der Waals surface area contributed by atoms with Crippen LogP contribution in [0, 0.1) is 13.8 Å². The molecule has 26 heavy (non-hydrogen) atoms. The van der Waals surface area contributed by atoms with Crippen molar-refractivity contribution in [1.29, 1.82) is 0 Å². The highest BCUT2D eigenvalue weighted by Crippen LogP contribution is 2.14. The molecule has 2 aromatic rings. The lowest BCUT2D eigenvalue weighted by molar-refractivity contribution is -0.114. The van der Waals surface area contributed by atoms with Crippen LogP contribution in [0.1, 0.15) is 41.8 Å². The number of rotatable bonds is 7. The van der Waals surface area contributed by atoms with E-state index < -0.39 is 0 Å². The van der Waals surface area contributed by atoms with Gasteiger partial charge in [-0.15, -0.1) is 0 Å². The fourth-order valence-electron chi connectivity index (χ4n) is 2.61. The number of hydrogen-bond acceptors (Lipinski definition) is 3. The van der Waals surface area contributed by atoms with Crippen molar-refractivity contribution in [2.45, 2.75) is 40.2 Å². The third kappa shape index (κ3) is 5.92. The molecule has 0 radical (unpaired) electrons. The topological polar surface area (TPSA) is 70.2 Å². The van der Waals surface area contributed by atoms with Gasteiger partial charge in [-0.2, -0.15) is 0 Å². The second-order valence-electron chi connectivity index (χ2n) is 6.64. The zero-order valence-corrected chi connectivity index (χ0v) is 15.8. The van der Waals surface area contributed by atoms with Gasteiger partial charge in [0.05, 0.1) is 6.54 Å². The van der Waals surface area contributed by atoms with Gasteiger partial charge in [0, 0.05) is 23.0 Å². The largest absolute Gasteiger partial charge is 0.376 e. The molecule has 0 aliphatic carbocycles. The number of hydrogen-bond donors (Lipinski definition) is 3. The van der Waals surface area contributed by atoms with E-state index in [-0.39, 0.29) is 24.4 Å². The van der Waals surface area contributed by atoms with Gasteiger partial charge in [0.25, 0.3) is 5.91 Å². The van der Waals surface area contributed by atoms with Crippen molar-refractivity contribution >= 4 is 23.2 Å². The van der Waals surface area contributed by atoms with Crippen LogP contribution in [0.25, 0.3) is 0 Å². The van der Waals surface area contributed by atoms with E-state index in [1.54, 1.807) is 18.2 Å². The number of aryl methyl sites for hydroxylation is 2. The summed E-state index contributed by atoms with van der Waals surface area (Å²) in [6.07, 6.45) is 0.877. The van der Waals surface area contributed by atoms with Crippen molar-refractivity contribution < 1.29 is 9.59 Å². The van der Waals surface area contributed by atoms with Crippen LogP contribution in [-0.4, -0.2) is 24.4 Å². The number of nitrogens with one attached hydrogen (secondary N) is 3. The molecule has 5 nitrogen and oxygen atoms in total. The summed E-state index contributed by atoms with van der Waals surface area (Å²) in [6, 6.07) is 13.2. The van der Waals surface area contributed by atoms with Gasteiger partial charge in [-0.3, -0.25) is 9.59 Å². The highest BCUT2D eigenvalue weighted by molar-refractivity contribution is 5.96. The summed E-state index contributed by atoms with van der Waals surface area (Å²) in [4.78, 5) is 24.3. The molecule has 1 unspecified atom stereocenters. The predicted molar refractivity (Wildman–Crippen MR) is 107 cm³/mol. The van der Waals surface area contributed by atoms with Gasteiger partial charge in [0.1, 0.15) is 0 Å². The average molecular weight is 353 g/mol. The maximum atomic E-state index is 12.2. The summed E-state index contributed by atoms with van der Waals surface area (Å²) in [5, 5.41) is 8.88. The molecule has 2 amide bonds. The summed E-state index contributed by atoms with van der Waals surface area (Å²) in [5.41, 5.74) is 4.31. The first-order valence-corrected chi connectivity index (χ1v) is 8.90. The SMILES string of the molecule is CCC(C)NC(=O)c1cccc(NCC(=O)Nc2cc(C)cc(C)c2)c1. The van der Waals surface area contributed by atoms with E-state index in [0.717, 1.165) is 28.9 Å². The van der Waals surface area contributed by atoms with Crippen LogP contribution in [0.3, 0.4) is 0 Å². The molecule has 0 fully saturated rings. The summed E-state index contributed by atoms with van der Waals surface area (Å²) >= 11 is 0. The van der Waals surface area contributed by atoms with Crippen molar-refractivity contribution in [3.8, 4) is 0 Å². The van der Waals surface area contributed by atoms with E-state index in [1.807, 2.05) is 45.9 Å². The molecule has 2 aromatic carbocycles. The Morgan fingerprint density at radius 3 is 2.35 bits per heavy atom. The quantitative estimate of drug-likeness (QED) is 0.707. The van der Waals surface area contributed by atoms with E-state index in [4.69, 9.17) is 0 Å². The normalized spacial score (nSPS) is 11.5. The van der Waals surface area contributed by atoms with E-state index in [0.29, 0.717) is 5.56 Å². The van der Waals surface area contributed by atoms with Crippen LogP contribution in [0.2, 0.25) is 0 Å². The highest BCUT2D eigenvalue weighted by Gasteiger charge is 2.09. The first kappa shape index (κ1) is 19.5. The Morgan fingerprint density at radius 1 is 1.00 bits per heavy atom. The van der Waals surface area contributed by atoms with Gasteiger partial charge in [-0.1, -0.05) is 19.1 Å². The van der Waals surface area contributed by atoms with Gasteiger partial charge >= 0.3 is 0 Å². The molecule has 0 saturated carbocycles. The Balaban J connectivity index is 1.93. The second kappa shape index (κ2) is 9.04. The maximum absolute atomic E-state index is 12.2. The third-order valence-electron chi connectivity index (χ3n) is 4.07. The number of anilines is 2. The smallest absolute Gasteiger partial charge is 0.251 e. The number of benzene rings is 2. The van der Waals surface area contributed by atoms with Crippen molar-refractivity contribution in [3.63, 3.8) is 0 Å². The van der Waals surface area contributed by atoms with E-state index in [9.17, 15) is 9.59 Å². The third-order valence-corrected chi connectivity index (χ3v) is 4.07. The molecule has 0 aromatic heterocycles. The number of amides is 2. The summed E-state index contributed by atoms with van der Waals surface area (Å²) in [5.74, 6) is -0.243.